The van der Waals surface area contributed by atoms with Gasteiger partial charge in [0.25, 0.3) is 0 Å². The highest BCUT2D eigenvalue weighted by molar-refractivity contribution is 6.00. The van der Waals surface area contributed by atoms with E-state index in [1.54, 1.807) is 4.90 Å². The molecule has 28 heavy (non-hydrogen) atoms. The van der Waals surface area contributed by atoms with Gasteiger partial charge >= 0.3 is 0 Å². The van der Waals surface area contributed by atoms with Gasteiger partial charge in [-0.15, -0.1) is 0 Å². The van der Waals surface area contributed by atoms with E-state index in [4.69, 9.17) is 0 Å². The van der Waals surface area contributed by atoms with Crippen LogP contribution in [0.4, 0.5) is 5.69 Å². The van der Waals surface area contributed by atoms with Crippen LogP contribution < -0.4 is 10.2 Å². The summed E-state index contributed by atoms with van der Waals surface area (Å²) in [5.74, 6) is -0.323. The summed E-state index contributed by atoms with van der Waals surface area (Å²) in [6.45, 7) is 5.10. The SMILES string of the molecule is Cc1ccc(N2CC(C(=O)NCCc3c[nH]c4ccccc34)CC2=O)cc1C. The van der Waals surface area contributed by atoms with Gasteiger partial charge in [-0.05, 0) is 55.2 Å². The van der Waals surface area contributed by atoms with Crippen molar-refractivity contribution < 1.29 is 9.59 Å². The summed E-state index contributed by atoms with van der Waals surface area (Å²) in [4.78, 5) is 30.0. The van der Waals surface area contributed by atoms with Crippen LogP contribution in [-0.4, -0.2) is 29.9 Å². The molecule has 3 aromatic rings. The molecule has 4 rings (SSSR count). The van der Waals surface area contributed by atoms with Crippen LogP contribution in [0.5, 0.6) is 0 Å². The molecule has 0 spiro atoms. The second kappa shape index (κ2) is 7.50. The van der Waals surface area contributed by atoms with E-state index >= 15 is 0 Å². The van der Waals surface area contributed by atoms with Crippen LogP contribution >= 0.6 is 0 Å². The molecule has 1 aliphatic heterocycles. The number of para-hydroxylation sites is 1. The predicted molar refractivity (Wildman–Crippen MR) is 111 cm³/mol. The monoisotopic (exact) mass is 375 g/mol. The molecule has 5 nitrogen and oxygen atoms in total. The van der Waals surface area contributed by atoms with Crippen molar-refractivity contribution in [3.63, 3.8) is 0 Å². The Morgan fingerprint density at radius 3 is 2.82 bits per heavy atom. The minimum atomic E-state index is -0.294. The quantitative estimate of drug-likeness (QED) is 0.717. The van der Waals surface area contributed by atoms with E-state index in [0.29, 0.717) is 13.1 Å². The number of fused-ring (bicyclic) bond motifs is 1. The van der Waals surface area contributed by atoms with E-state index in [1.165, 1.54) is 16.5 Å². The molecule has 1 fully saturated rings. The number of aromatic amines is 1. The summed E-state index contributed by atoms with van der Waals surface area (Å²) in [5.41, 5.74) is 5.52. The number of H-pyrrole nitrogens is 1. The van der Waals surface area contributed by atoms with E-state index in [-0.39, 0.29) is 24.2 Å². The normalized spacial score (nSPS) is 16.7. The number of rotatable bonds is 5. The largest absolute Gasteiger partial charge is 0.361 e. The molecule has 2 N–H and O–H groups in total. The number of carbonyl (C=O) groups is 2. The fourth-order valence-electron chi connectivity index (χ4n) is 3.83. The molecule has 1 unspecified atom stereocenters. The second-order valence-corrected chi connectivity index (χ2v) is 7.57. The van der Waals surface area contributed by atoms with Crippen LogP contribution in [0, 0.1) is 19.8 Å². The van der Waals surface area contributed by atoms with Crippen LogP contribution in [-0.2, 0) is 16.0 Å². The van der Waals surface area contributed by atoms with Crippen molar-refractivity contribution in [3.8, 4) is 0 Å². The number of nitrogens with one attached hydrogen (secondary N) is 2. The van der Waals surface area contributed by atoms with Crippen LogP contribution in [0.3, 0.4) is 0 Å². The summed E-state index contributed by atoms with van der Waals surface area (Å²) in [5, 5.41) is 4.20. The van der Waals surface area contributed by atoms with Crippen molar-refractivity contribution >= 4 is 28.4 Å². The second-order valence-electron chi connectivity index (χ2n) is 7.57. The minimum absolute atomic E-state index is 0.0139. The number of amides is 2. The van der Waals surface area contributed by atoms with Gasteiger partial charge in [0.2, 0.25) is 11.8 Å². The number of benzene rings is 2. The first-order chi connectivity index (χ1) is 13.5. The van der Waals surface area contributed by atoms with Gasteiger partial charge in [-0.1, -0.05) is 24.3 Å². The van der Waals surface area contributed by atoms with Gasteiger partial charge in [0.1, 0.15) is 0 Å². The Kier molecular flexibility index (Phi) is 4.90. The third-order valence-electron chi connectivity index (χ3n) is 5.67. The van der Waals surface area contributed by atoms with E-state index in [0.717, 1.165) is 23.2 Å². The van der Waals surface area contributed by atoms with Gasteiger partial charge in [0.15, 0.2) is 0 Å². The maximum atomic E-state index is 12.6. The molecule has 0 saturated carbocycles. The molecular weight excluding hydrogens is 350 g/mol. The molecular formula is C23H25N3O2. The Labute approximate surface area is 164 Å². The molecule has 2 heterocycles. The van der Waals surface area contributed by atoms with Crippen molar-refractivity contribution in [1.29, 1.82) is 0 Å². The Morgan fingerprint density at radius 2 is 2.00 bits per heavy atom. The molecule has 0 radical (unpaired) electrons. The maximum Gasteiger partial charge on any atom is 0.227 e. The van der Waals surface area contributed by atoms with E-state index in [9.17, 15) is 9.59 Å². The number of hydrogen-bond donors (Lipinski definition) is 2. The summed E-state index contributed by atoms with van der Waals surface area (Å²) >= 11 is 0. The molecule has 0 aliphatic carbocycles. The molecule has 2 amide bonds. The summed E-state index contributed by atoms with van der Waals surface area (Å²) in [6, 6.07) is 14.1. The van der Waals surface area contributed by atoms with Crippen LogP contribution in [0.2, 0.25) is 0 Å². The van der Waals surface area contributed by atoms with E-state index in [2.05, 4.69) is 23.3 Å². The fourth-order valence-corrected chi connectivity index (χ4v) is 3.83. The zero-order chi connectivity index (χ0) is 19.7. The lowest BCUT2D eigenvalue weighted by atomic mass is 10.1. The number of aromatic nitrogens is 1. The molecule has 5 heteroatoms. The zero-order valence-electron chi connectivity index (χ0n) is 16.3. The number of anilines is 1. The Morgan fingerprint density at radius 1 is 1.18 bits per heavy atom. The van der Waals surface area contributed by atoms with E-state index in [1.807, 2.05) is 49.5 Å². The average Bonchev–Trinajstić information content (AvgIpc) is 3.28. The molecule has 1 saturated heterocycles. The van der Waals surface area contributed by atoms with Crippen molar-refractivity contribution in [2.75, 3.05) is 18.0 Å². The lowest BCUT2D eigenvalue weighted by Crippen LogP contribution is -2.34. The number of aryl methyl sites for hydroxylation is 2. The maximum absolute atomic E-state index is 12.6. The van der Waals surface area contributed by atoms with Gasteiger partial charge in [0, 0.05) is 42.3 Å². The third kappa shape index (κ3) is 3.52. The number of nitrogens with zero attached hydrogens (tertiary/aromatic N) is 1. The number of carbonyl (C=O) groups excluding carboxylic acids is 2. The van der Waals surface area contributed by atoms with Crippen LogP contribution in [0.1, 0.15) is 23.1 Å². The average molecular weight is 375 g/mol. The molecule has 144 valence electrons. The third-order valence-corrected chi connectivity index (χ3v) is 5.67. The van der Waals surface area contributed by atoms with Crippen molar-refractivity contribution in [2.45, 2.75) is 26.7 Å². The van der Waals surface area contributed by atoms with Gasteiger partial charge in [0.05, 0.1) is 5.92 Å². The molecule has 0 bridgehead atoms. The van der Waals surface area contributed by atoms with Crippen molar-refractivity contribution in [2.24, 2.45) is 5.92 Å². The summed E-state index contributed by atoms with van der Waals surface area (Å²) in [7, 11) is 0. The first-order valence-electron chi connectivity index (χ1n) is 9.73. The lowest BCUT2D eigenvalue weighted by molar-refractivity contribution is -0.126. The fraction of sp³-hybridized carbons (Fsp3) is 0.304. The predicted octanol–water partition coefficient (Wildman–Crippen LogP) is 3.50. The summed E-state index contributed by atoms with van der Waals surface area (Å²) < 4.78 is 0. The van der Waals surface area contributed by atoms with Crippen molar-refractivity contribution in [1.82, 2.24) is 10.3 Å². The van der Waals surface area contributed by atoms with E-state index < -0.39 is 0 Å². The van der Waals surface area contributed by atoms with Crippen LogP contribution in [0.25, 0.3) is 10.9 Å². The van der Waals surface area contributed by atoms with Gasteiger partial charge in [-0.25, -0.2) is 0 Å². The standard InChI is InChI=1S/C23H25N3O2/c1-15-7-8-19(11-16(15)2)26-14-18(12-22(26)27)23(28)24-10-9-17-13-25-21-6-4-3-5-20(17)21/h3-8,11,13,18,25H,9-10,12,14H2,1-2H3,(H,24,28). The smallest absolute Gasteiger partial charge is 0.227 e. The highest BCUT2D eigenvalue weighted by Crippen LogP contribution is 2.27. The van der Waals surface area contributed by atoms with Gasteiger partial charge in [-0.2, -0.15) is 0 Å². The number of hydrogen-bond acceptors (Lipinski definition) is 2. The zero-order valence-corrected chi connectivity index (χ0v) is 16.3. The lowest BCUT2D eigenvalue weighted by Gasteiger charge is -2.18. The topological polar surface area (TPSA) is 65.2 Å². The van der Waals surface area contributed by atoms with Crippen molar-refractivity contribution in [3.05, 3.63) is 65.4 Å². The van der Waals surface area contributed by atoms with Crippen LogP contribution in [0.15, 0.2) is 48.7 Å². The Hall–Kier alpha value is -3.08. The minimum Gasteiger partial charge on any atom is -0.361 e. The molecule has 1 aromatic heterocycles. The highest BCUT2D eigenvalue weighted by Gasteiger charge is 2.35. The molecule has 2 aromatic carbocycles. The highest BCUT2D eigenvalue weighted by atomic mass is 16.2. The molecule has 1 atom stereocenters. The van der Waals surface area contributed by atoms with Gasteiger partial charge in [-0.3, -0.25) is 9.59 Å². The Bertz CT molecular complexity index is 1040. The summed E-state index contributed by atoms with van der Waals surface area (Å²) in [6.07, 6.45) is 3.03. The molecule has 1 aliphatic rings. The first-order valence-corrected chi connectivity index (χ1v) is 9.73. The first kappa shape index (κ1) is 18.3. The van der Waals surface area contributed by atoms with Gasteiger partial charge < -0.3 is 15.2 Å². The Balaban J connectivity index is 1.35.